The van der Waals surface area contributed by atoms with E-state index in [1.807, 2.05) is 12.1 Å². The highest BCUT2D eigenvalue weighted by atomic mass is 16.6. The highest BCUT2D eigenvalue weighted by Crippen LogP contribution is 2.47. The minimum Gasteiger partial charge on any atom is -0.487 e. The Morgan fingerprint density at radius 3 is 2.80 bits per heavy atom. The molecule has 30 heavy (non-hydrogen) atoms. The van der Waals surface area contributed by atoms with Crippen LogP contribution in [0.25, 0.3) is 0 Å². The van der Waals surface area contributed by atoms with Crippen LogP contribution in [0.5, 0.6) is 5.75 Å². The van der Waals surface area contributed by atoms with Crippen LogP contribution in [0.1, 0.15) is 29.9 Å². The van der Waals surface area contributed by atoms with Crippen molar-refractivity contribution in [2.24, 2.45) is 0 Å². The largest absolute Gasteiger partial charge is 0.487 e. The lowest BCUT2D eigenvalue weighted by atomic mass is 9.84. The Labute approximate surface area is 174 Å². The van der Waals surface area contributed by atoms with Crippen LogP contribution in [-0.2, 0) is 25.5 Å². The number of ether oxygens (including phenoxy) is 3. The number of carbonyl (C=O) groups excluding carboxylic acids is 2. The fourth-order valence-electron chi connectivity index (χ4n) is 4.13. The smallest absolute Gasteiger partial charge is 0.308 e. The topological polar surface area (TPSA) is 107 Å². The lowest BCUT2D eigenvalue weighted by Crippen LogP contribution is -2.46. The molecule has 2 N–H and O–H groups in total. The highest BCUT2D eigenvalue weighted by molar-refractivity contribution is 5.92. The molecule has 3 heterocycles. The number of nitrogens with zero attached hydrogens (tertiary/aromatic N) is 1. The van der Waals surface area contributed by atoms with E-state index in [0.29, 0.717) is 17.9 Å². The number of carbonyl (C=O) groups is 2. The van der Waals surface area contributed by atoms with Crippen molar-refractivity contribution in [3.63, 3.8) is 0 Å². The van der Waals surface area contributed by atoms with Crippen LogP contribution >= 0.6 is 0 Å². The van der Waals surface area contributed by atoms with Gasteiger partial charge in [0.25, 0.3) is 0 Å². The summed E-state index contributed by atoms with van der Waals surface area (Å²) in [6.45, 7) is -0.206. The van der Waals surface area contributed by atoms with Crippen molar-refractivity contribution < 1.29 is 28.9 Å². The number of rotatable bonds is 6. The summed E-state index contributed by atoms with van der Waals surface area (Å²) in [5, 5.41) is 12.7. The molecule has 0 spiro atoms. The molecule has 0 bridgehead atoms. The third-order valence-electron chi connectivity index (χ3n) is 5.52. The zero-order chi connectivity index (χ0) is 21.1. The lowest BCUT2D eigenvalue weighted by molar-refractivity contribution is -0.156. The molecule has 4 rings (SSSR count). The quantitative estimate of drug-likeness (QED) is 0.697. The van der Waals surface area contributed by atoms with Crippen molar-refractivity contribution in [2.75, 3.05) is 19.0 Å². The number of aliphatic hydroxyl groups is 1. The Balaban J connectivity index is 1.49. The number of methoxy groups -OCH3 is 1. The van der Waals surface area contributed by atoms with E-state index in [1.54, 1.807) is 30.6 Å². The third-order valence-corrected chi connectivity index (χ3v) is 5.52. The second-order valence-corrected chi connectivity index (χ2v) is 7.52. The van der Waals surface area contributed by atoms with Gasteiger partial charge >= 0.3 is 5.97 Å². The average Bonchev–Trinajstić information content (AvgIpc) is 3.11. The summed E-state index contributed by atoms with van der Waals surface area (Å²) >= 11 is 0. The van der Waals surface area contributed by atoms with E-state index >= 15 is 0 Å². The van der Waals surface area contributed by atoms with Crippen molar-refractivity contribution in [3.8, 4) is 5.75 Å². The van der Waals surface area contributed by atoms with Crippen molar-refractivity contribution in [2.45, 2.75) is 43.5 Å². The Hall–Kier alpha value is -2.97. The number of esters is 1. The summed E-state index contributed by atoms with van der Waals surface area (Å²) in [7, 11) is 1.34. The summed E-state index contributed by atoms with van der Waals surface area (Å²) in [6.07, 6.45) is 3.02. The first kappa shape index (κ1) is 20.3. The van der Waals surface area contributed by atoms with Gasteiger partial charge in [0.1, 0.15) is 18.0 Å². The van der Waals surface area contributed by atoms with Crippen LogP contribution in [0.4, 0.5) is 5.69 Å². The number of anilines is 1. The molecule has 1 aromatic heterocycles. The number of amides is 1. The molecule has 2 aromatic rings. The molecule has 2 aliphatic rings. The van der Waals surface area contributed by atoms with E-state index in [2.05, 4.69) is 10.3 Å². The number of hydrogen-bond acceptors (Lipinski definition) is 7. The van der Waals surface area contributed by atoms with Gasteiger partial charge < -0.3 is 24.6 Å². The van der Waals surface area contributed by atoms with Gasteiger partial charge in [-0.1, -0.05) is 0 Å². The minimum absolute atomic E-state index is 0.0439. The number of fused-ring (bicyclic) bond motifs is 3. The molecular weight excluding hydrogens is 388 g/mol. The average molecular weight is 412 g/mol. The molecule has 8 heteroatoms. The second-order valence-electron chi connectivity index (χ2n) is 7.52. The molecular formula is C22H24N2O6. The number of hydrogen-bond donors (Lipinski definition) is 2. The zero-order valence-electron chi connectivity index (χ0n) is 16.6. The number of benzene rings is 1. The van der Waals surface area contributed by atoms with Gasteiger partial charge in [-0.25, -0.2) is 0 Å². The van der Waals surface area contributed by atoms with Gasteiger partial charge in [0.15, 0.2) is 0 Å². The van der Waals surface area contributed by atoms with Crippen LogP contribution in [0.3, 0.4) is 0 Å². The molecule has 1 fully saturated rings. The number of aromatic nitrogens is 1. The van der Waals surface area contributed by atoms with Gasteiger partial charge in [-0.05, 0) is 42.3 Å². The summed E-state index contributed by atoms with van der Waals surface area (Å²) in [6, 6.07) is 9.12. The predicted molar refractivity (Wildman–Crippen MR) is 107 cm³/mol. The Bertz CT molecular complexity index is 919. The van der Waals surface area contributed by atoms with Gasteiger partial charge in [0, 0.05) is 29.6 Å². The SMILES string of the molecule is COC(=O)C[C@H]1C[C@H]2c3cc(NC(=O)Cc4ccncc4)ccc3O[C@H]2[C@H](CO)O1. The molecule has 0 aliphatic carbocycles. The Morgan fingerprint density at radius 1 is 1.27 bits per heavy atom. The molecule has 2 aliphatic heterocycles. The fourth-order valence-corrected chi connectivity index (χ4v) is 4.13. The van der Waals surface area contributed by atoms with Crippen LogP contribution in [0.15, 0.2) is 42.7 Å². The van der Waals surface area contributed by atoms with Gasteiger partial charge in [-0.15, -0.1) is 0 Å². The maximum absolute atomic E-state index is 12.4. The predicted octanol–water partition coefficient (Wildman–Crippen LogP) is 1.82. The van der Waals surface area contributed by atoms with E-state index < -0.39 is 6.10 Å². The molecule has 1 amide bonds. The normalized spacial score (nSPS) is 24.3. The first-order valence-corrected chi connectivity index (χ1v) is 9.90. The fraction of sp³-hybridized carbons (Fsp3) is 0.409. The van der Waals surface area contributed by atoms with Crippen LogP contribution < -0.4 is 10.1 Å². The third kappa shape index (κ3) is 4.29. The summed E-state index contributed by atoms with van der Waals surface area (Å²) in [5.74, 6) is 0.183. The summed E-state index contributed by atoms with van der Waals surface area (Å²) < 4.78 is 16.6. The Kier molecular flexibility index (Phi) is 5.96. The maximum atomic E-state index is 12.4. The van der Waals surface area contributed by atoms with Crippen molar-refractivity contribution in [1.82, 2.24) is 4.98 Å². The molecule has 0 saturated carbocycles. The molecule has 158 valence electrons. The molecule has 1 saturated heterocycles. The van der Waals surface area contributed by atoms with Crippen molar-refractivity contribution in [3.05, 3.63) is 53.9 Å². The Morgan fingerprint density at radius 2 is 2.07 bits per heavy atom. The van der Waals surface area contributed by atoms with Crippen LogP contribution in [0.2, 0.25) is 0 Å². The monoisotopic (exact) mass is 412 g/mol. The van der Waals surface area contributed by atoms with Crippen LogP contribution in [0, 0.1) is 0 Å². The molecule has 0 unspecified atom stereocenters. The van der Waals surface area contributed by atoms with E-state index in [0.717, 1.165) is 11.1 Å². The van der Waals surface area contributed by atoms with E-state index in [9.17, 15) is 14.7 Å². The van der Waals surface area contributed by atoms with Gasteiger partial charge in [0.2, 0.25) is 5.91 Å². The molecule has 8 nitrogen and oxygen atoms in total. The van der Waals surface area contributed by atoms with E-state index in [1.165, 1.54) is 7.11 Å². The zero-order valence-corrected chi connectivity index (χ0v) is 16.6. The highest BCUT2D eigenvalue weighted by Gasteiger charge is 2.46. The molecule has 0 radical (unpaired) electrons. The number of pyridine rings is 1. The molecule has 1 aromatic carbocycles. The maximum Gasteiger partial charge on any atom is 0.308 e. The summed E-state index contributed by atoms with van der Waals surface area (Å²) in [4.78, 5) is 28.0. The van der Waals surface area contributed by atoms with E-state index in [4.69, 9.17) is 14.2 Å². The molecule has 4 atom stereocenters. The van der Waals surface area contributed by atoms with Crippen molar-refractivity contribution >= 4 is 17.6 Å². The van der Waals surface area contributed by atoms with Crippen LogP contribution in [-0.4, -0.2) is 54.0 Å². The lowest BCUT2D eigenvalue weighted by Gasteiger charge is -2.36. The van der Waals surface area contributed by atoms with Crippen molar-refractivity contribution in [1.29, 1.82) is 0 Å². The second kappa shape index (κ2) is 8.81. The van der Waals surface area contributed by atoms with Gasteiger partial charge in [-0.3, -0.25) is 14.6 Å². The number of nitrogens with one attached hydrogen (secondary N) is 1. The standard InChI is InChI=1S/C22H24N2O6/c1-28-21(27)11-15-10-17-16-9-14(24-20(26)8-13-4-6-23-7-5-13)2-3-18(16)30-22(17)19(12-25)29-15/h2-7,9,15,17,19,22,25H,8,10-12H2,1H3,(H,24,26)/t15-,17+,19+,22-/m1/s1. The van der Waals surface area contributed by atoms with E-state index in [-0.39, 0.29) is 49.5 Å². The number of aliphatic hydroxyl groups excluding tert-OH is 1. The minimum atomic E-state index is -0.532. The first-order chi connectivity index (χ1) is 14.6. The van der Waals surface area contributed by atoms with Gasteiger partial charge in [-0.2, -0.15) is 0 Å². The summed E-state index contributed by atoms with van der Waals surface area (Å²) in [5.41, 5.74) is 2.50. The first-order valence-electron chi connectivity index (χ1n) is 9.90. The van der Waals surface area contributed by atoms with Gasteiger partial charge in [0.05, 0.1) is 32.7 Å².